The fourth-order valence-electron chi connectivity index (χ4n) is 2.22. The molecule has 0 aliphatic carbocycles. The van der Waals surface area contributed by atoms with E-state index in [0.29, 0.717) is 13.2 Å². The number of carbonyl (C=O) groups is 1. The van der Waals surface area contributed by atoms with Gasteiger partial charge in [-0.2, -0.15) is 0 Å². The summed E-state index contributed by atoms with van der Waals surface area (Å²) in [6, 6.07) is 15.0. The number of hydrogen-bond acceptors (Lipinski definition) is 4. The molecule has 0 heterocycles. The van der Waals surface area contributed by atoms with Gasteiger partial charge in [0.15, 0.2) is 0 Å². The lowest BCUT2D eigenvalue weighted by Crippen LogP contribution is -2.21. The van der Waals surface area contributed by atoms with Gasteiger partial charge in [-0.05, 0) is 49.7 Å². The lowest BCUT2D eigenvalue weighted by atomic mass is 10.3. The van der Waals surface area contributed by atoms with Crippen molar-refractivity contribution < 1.29 is 14.3 Å². The Balaban J connectivity index is 1.80. The molecule has 0 aliphatic rings. The fraction of sp³-hybridized carbons (Fsp3) is 0.350. The molecule has 0 aromatic heterocycles. The summed E-state index contributed by atoms with van der Waals surface area (Å²) < 4.78 is 11.0. The van der Waals surface area contributed by atoms with Crippen LogP contribution in [0.25, 0.3) is 0 Å². The van der Waals surface area contributed by atoms with E-state index in [4.69, 9.17) is 9.47 Å². The largest absolute Gasteiger partial charge is 0.494 e. The SMILES string of the molecule is CCCCOc1cccc(NC(=O)CNc2ccc(OCC)cc2)c1. The molecular weight excluding hydrogens is 316 g/mol. The molecule has 2 rings (SSSR count). The van der Waals surface area contributed by atoms with Gasteiger partial charge in [-0.25, -0.2) is 0 Å². The molecule has 2 N–H and O–H groups in total. The Bertz CT molecular complexity index is 656. The Labute approximate surface area is 149 Å². The minimum atomic E-state index is -0.111. The van der Waals surface area contributed by atoms with Gasteiger partial charge >= 0.3 is 0 Å². The highest BCUT2D eigenvalue weighted by Gasteiger charge is 2.04. The molecule has 5 heteroatoms. The first-order valence-electron chi connectivity index (χ1n) is 8.70. The Kier molecular flexibility index (Phi) is 7.63. The fourth-order valence-corrected chi connectivity index (χ4v) is 2.22. The molecule has 5 nitrogen and oxygen atoms in total. The number of ether oxygens (including phenoxy) is 2. The molecule has 2 aromatic carbocycles. The smallest absolute Gasteiger partial charge is 0.243 e. The third kappa shape index (κ3) is 6.75. The second-order valence-corrected chi connectivity index (χ2v) is 5.59. The normalized spacial score (nSPS) is 10.2. The molecule has 2 aromatic rings. The topological polar surface area (TPSA) is 59.6 Å². The second kappa shape index (κ2) is 10.2. The van der Waals surface area contributed by atoms with Gasteiger partial charge in [0.1, 0.15) is 11.5 Å². The van der Waals surface area contributed by atoms with Crippen molar-refractivity contribution in [2.45, 2.75) is 26.7 Å². The minimum absolute atomic E-state index is 0.111. The number of benzene rings is 2. The minimum Gasteiger partial charge on any atom is -0.494 e. The van der Waals surface area contributed by atoms with Crippen LogP contribution in [0.15, 0.2) is 48.5 Å². The van der Waals surface area contributed by atoms with Crippen LogP contribution < -0.4 is 20.1 Å². The van der Waals surface area contributed by atoms with Gasteiger partial charge in [0, 0.05) is 17.4 Å². The maximum absolute atomic E-state index is 12.1. The highest BCUT2D eigenvalue weighted by Crippen LogP contribution is 2.18. The lowest BCUT2D eigenvalue weighted by molar-refractivity contribution is -0.114. The van der Waals surface area contributed by atoms with Crippen molar-refractivity contribution >= 4 is 17.3 Å². The van der Waals surface area contributed by atoms with Crippen molar-refractivity contribution in [3.63, 3.8) is 0 Å². The highest BCUT2D eigenvalue weighted by atomic mass is 16.5. The summed E-state index contributed by atoms with van der Waals surface area (Å²) in [5, 5.41) is 5.96. The predicted molar refractivity (Wildman–Crippen MR) is 102 cm³/mol. The molecule has 0 aliphatic heterocycles. The van der Waals surface area contributed by atoms with Crippen LogP contribution >= 0.6 is 0 Å². The van der Waals surface area contributed by atoms with Crippen molar-refractivity contribution in [3.05, 3.63) is 48.5 Å². The molecule has 0 saturated carbocycles. The first-order chi connectivity index (χ1) is 12.2. The van der Waals surface area contributed by atoms with Gasteiger partial charge in [-0.3, -0.25) is 4.79 Å². The Hall–Kier alpha value is -2.69. The van der Waals surface area contributed by atoms with Crippen LogP contribution in [0.5, 0.6) is 11.5 Å². The molecule has 0 fully saturated rings. The summed E-state index contributed by atoms with van der Waals surface area (Å²) in [7, 11) is 0. The van der Waals surface area contributed by atoms with E-state index in [9.17, 15) is 4.79 Å². The van der Waals surface area contributed by atoms with E-state index in [1.54, 1.807) is 0 Å². The summed E-state index contributed by atoms with van der Waals surface area (Å²) in [6.07, 6.45) is 2.11. The Morgan fingerprint density at radius 2 is 1.76 bits per heavy atom. The van der Waals surface area contributed by atoms with E-state index in [-0.39, 0.29) is 12.5 Å². The van der Waals surface area contributed by atoms with Crippen molar-refractivity contribution in [2.24, 2.45) is 0 Å². The van der Waals surface area contributed by atoms with Crippen molar-refractivity contribution in [3.8, 4) is 11.5 Å². The van der Waals surface area contributed by atoms with E-state index >= 15 is 0 Å². The molecule has 0 unspecified atom stereocenters. The Morgan fingerprint density at radius 1 is 0.960 bits per heavy atom. The monoisotopic (exact) mass is 342 g/mol. The van der Waals surface area contributed by atoms with Gasteiger partial charge in [-0.1, -0.05) is 19.4 Å². The second-order valence-electron chi connectivity index (χ2n) is 5.59. The van der Waals surface area contributed by atoms with Gasteiger partial charge in [0.05, 0.1) is 19.8 Å². The van der Waals surface area contributed by atoms with Crippen LogP contribution in [-0.2, 0) is 4.79 Å². The third-order valence-corrected chi connectivity index (χ3v) is 3.50. The molecule has 0 saturated heterocycles. The summed E-state index contributed by atoms with van der Waals surface area (Å²) in [6.45, 7) is 5.58. The zero-order valence-electron chi connectivity index (χ0n) is 14.9. The number of hydrogen-bond donors (Lipinski definition) is 2. The van der Waals surface area contributed by atoms with Gasteiger partial charge in [0.25, 0.3) is 0 Å². The van der Waals surface area contributed by atoms with Crippen molar-refractivity contribution in [1.82, 2.24) is 0 Å². The maximum Gasteiger partial charge on any atom is 0.243 e. The first-order valence-corrected chi connectivity index (χ1v) is 8.70. The van der Waals surface area contributed by atoms with E-state index in [2.05, 4.69) is 17.6 Å². The zero-order chi connectivity index (χ0) is 17.9. The zero-order valence-corrected chi connectivity index (χ0v) is 14.9. The molecule has 25 heavy (non-hydrogen) atoms. The van der Waals surface area contributed by atoms with Crippen LogP contribution in [-0.4, -0.2) is 25.7 Å². The highest BCUT2D eigenvalue weighted by molar-refractivity contribution is 5.93. The number of unbranched alkanes of at least 4 members (excludes halogenated alkanes) is 1. The summed E-state index contributed by atoms with van der Waals surface area (Å²) in [4.78, 5) is 12.1. The van der Waals surface area contributed by atoms with Gasteiger partial charge < -0.3 is 20.1 Å². The van der Waals surface area contributed by atoms with Crippen LogP contribution in [0.1, 0.15) is 26.7 Å². The molecule has 0 bridgehead atoms. The van der Waals surface area contributed by atoms with Crippen LogP contribution in [0, 0.1) is 0 Å². The standard InChI is InChI=1S/C20H26N2O3/c1-3-5-13-25-19-8-6-7-17(14-19)22-20(23)15-21-16-9-11-18(12-10-16)24-4-2/h6-12,14,21H,3-5,13,15H2,1-2H3,(H,22,23). The number of nitrogens with one attached hydrogen (secondary N) is 2. The third-order valence-electron chi connectivity index (χ3n) is 3.50. The Morgan fingerprint density at radius 3 is 2.48 bits per heavy atom. The lowest BCUT2D eigenvalue weighted by Gasteiger charge is -2.10. The summed E-state index contributed by atoms with van der Waals surface area (Å²) in [5.74, 6) is 1.47. The van der Waals surface area contributed by atoms with Crippen LogP contribution in [0.3, 0.4) is 0 Å². The molecule has 1 amide bonds. The van der Waals surface area contributed by atoms with Crippen LogP contribution in [0.2, 0.25) is 0 Å². The number of anilines is 2. The van der Waals surface area contributed by atoms with Crippen molar-refractivity contribution in [2.75, 3.05) is 30.4 Å². The first kappa shape index (κ1) is 18.6. The van der Waals surface area contributed by atoms with E-state index in [1.165, 1.54) is 0 Å². The maximum atomic E-state index is 12.1. The molecular formula is C20H26N2O3. The average Bonchev–Trinajstić information content (AvgIpc) is 2.62. The van der Waals surface area contributed by atoms with Crippen molar-refractivity contribution in [1.29, 1.82) is 0 Å². The molecule has 134 valence electrons. The number of rotatable bonds is 10. The molecule has 0 atom stereocenters. The van der Waals surface area contributed by atoms with Crippen LogP contribution in [0.4, 0.5) is 11.4 Å². The molecule has 0 spiro atoms. The van der Waals surface area contributed by atoms with E-state index in [0.717, 1.165) is 35.7 Å². The summed E-state index contributed by atoms with van der Waals surface area (Å²) >= 11 is 0. The predicted octanol–water partition coefficient (Wildman–Crippen LogP) is 4.31. The average molecular weight is 342 g/mol. The number of carbonyl (C=O) groups excluding carboxylic acids is 1. The van der Waals surface area contributed by atoms with E-state index < -0.39 is 0 Å². The summed E-state index contributed by atoms with van der Waals surface area (Å²) in [5.41, 5.74) is 1.60. The van der Waals surface area contributed by atoms with Gasteiger partial charge in [0.2, 0.25) is 5.91 Å². The number of amides is 1. The van der Waals surface area contributed by atoms with Gasteiger partial charge in [-0.15, -0.1) is 0 Å². The molecule has 0 radical (unpaired) electrons. The quantitative estimate of drug-likeness (QED) is 0.632. The van der Waals surface area contributed by atoms with E-state index in [1.807, 2.05) is 55.5 Å².